The normalized spacial score (nSPS) is 27.2. The van der Waals surface area contributed by atoms with Crippen LogP contribution in [-0.2, 0) is 14.3 Å². The summed E-state index contributed by atoms with van der Waals surface area (Å²) < 4.78 is 34.7. The molecule has 6 aliphatic rings. The van der Waals surface area contributed by atoms with Gasteiger partial charge in [0.05, 0.1) is 11.1 Å². The first-order valence-electron chi connectivity index (χ1n) is 13.5. The maximum absolute atomic E-state index is 14.5. The lowest BCUT2D eigenvalue weighted by atomic mass is 9.83. The topological polar surface area (TPSA) is 67.4 Å². The molecule has 3 saturated carbocycles. The first kappa shape index (κ1) is 26.4. The van der Waals surface area contributed by atoms with Crippen LogP contribution in [0.3, 0.4) is 0 Å². The summed E-state index contributed by atoms with van der Waals surface area (Å²) in [5.41, 5.74) is 6.32. The molecule has 0 heterocycles. The molecule has 0 spiro atoms. The van der Waals surface area contributed by atoms with Gasteiger partial charge in [0.1, 0.15) is 18.6 Å². The van der Waals surface area contributed by atoms with Crippen LogP contribution in [0.2, 0.25) is 0 Å². The van der Waals surface area contributed by atoms with E-state index < -0.39 is 18.1 Å². The van der Waals surface area contributed by atoms with Gasteiger partial charge < -0.3 is 15.4 Å². The van der Waals surface area contributed by atoms with Gasteiger partial charge in [0.15, 0.2) is 0 Å². The average Bonchev–Trinajstić information content (AvgIpc) is 3.18. The molecule has 3 fully saturated rings. The Morgan fingerprint density at radius 1 is 1.08 bits per heavy atom. The van der Waals surface area contributed by atoms with Gasteiger partial charge in [-0.1, -0.05) is 29.3 Å². The van der Waals surface area contributed by atoms with Gasteiger partial charge >= 0.3 is 0 Å². The van der Waals surface area contributed by atoms with E-state index in [9.17, 15) is 18.4 Å². The SMILES string of the molecule is C=C(CCNC(=O)COC1CC2=C(Cl)C(F)=C1CCC2)C(=O)NC(C)CC1C2=C3CCC(=C1CC2)C3F. The molecule has 2 atom stereocenters. The summed E-state index contributed by atoms with van der Waals surface area (Å²) >= 11 is 6.09. The highest BCUT2D eigenvalue weighted by Gasteiger charge is 2.43. The molecule has 2 amide bonds. The van der Waals surface area contributed by atoms with Crippen LogP contribution >= 0.6 is 11.6 Å². The summed E-state index contributed by atoms with van der Waals surface area (Å²) in [7, 11) is 0. The predicted octanol–water partition coefficient (Wildman–Crippen LogP) is 5.78. The van der Waals surface area contributed by atoms with Crippen molar-refractivity contribution in [1.82, 2.24) is 10.6 Å². The van der Waals surface area contributed by atoms with Crippen molar-refractivity contribution < 1.29 is 23.1 Å². The molecule has 0 aliphatic heterocycles. The van der Waals surface area contributed by atoms with E-state index >= 15 is 0 Å². The van der Waals surface area contributed by atoms with E-state index in [0.717, 1.165) is 61.7 Å². The van der Waals surface area contributed by atoms with Crippen molar-refractivity contribution in [3.8, 4) is 0 Å². The van der Waals surface area contributed by atoms with Gasteiger partial charge in [-0.05, 0) is 87.0 Å². The number of carbonyl (C=O) groups excluding carboxylic acids is 2. The molecule has 8 heteroatoms. The third-order valence-corrected chi connectivity index (χ3v) is 9.02. The number of allylic oxidation sites excluding steroid dienone is 6. The second-order valence-electron chi connectivity index (χ2n) is 10.9. The fourth-order valence-corrected chi connectivity index (χ4v) is 6.99. The number of amides is 2. The number of hydrogen-bond donors (Lipinski definition) is 2. The third-order valence-electron chi connectivity index (χ3n) is 8.59. The Kier molecular flexibility index (Phi) is 7.73. The third kappa shape index (κ3) is 5.22. The summed E-state index contributed by atoms with van der Waals surface area (Å²) in [5.74, 6) is -0.681. The number of nitrogens with one attached hydrogen (secondary N) is 2. The number of rotatable bonds is 10. The maximum Gasteiger partial charge on any atom is 0.246 e. The second-order valence-corrected chi connectivity index (χ2v) is 11.3. The first-order valence-corrected chi connectivity index (χ1v) is 13.8. The van der Waals surface area contributed by atoms with E-state index in [1.54, 1.807) is 0 Å². The lowest BCUT2D eigenvalue weighted by Crippen LogP contribution is -2.36. The van der Waals surface area contributed by atoms with Gasteiger partial charge in [-0.2, -0.15) is 0 Å². The van der Waals surface area contributed by atoms with E-state index in [4.69, 9.17) is 16.3 Å². The molecule has 6 aliphatic carbocycles. The zero-order valence-electron chi connectivity index (χ0n) is 21.4. The lowest BCUT2D eigenvalue weighted by molar-refractivity contribution is -0.127. The van der Waals surface area contributed by atoms with Crippen LogP contribution in [0.5, 0.6) is 0 Å². The summed E-state index contributed by atoms with van der Waals surface area (Å²) in [6, 6.07) is -0.0645. The van der Waals surface area contributed by atoms with Crippen molar-refractivity contribution in [3.63, 3.8) is 0 Å². The Labute approximate surface area is 222 Å². The van der Waals surface area contributed by atoms with Crippen LogP contribution in [0.4, 0.5) is 8.78 Å². The minimum atomic E-state index is -0.856. The van der Waals surface area contributed by atoms with Gasteiger partial charge in [-0.15, -0.1) is 0 Å². The average molecular weight is 533 g/mol. The Balaban J connectivity index is 1.02. The summed E-state index contributed by atoms with van der Waals surface area (Å²) in [6.45, 7) is 5.93. The van der Waals surface area contributed by atoms with Crippen molar-refractivity contribution in [2.24, 2.45) is 5.92 Å². The van der Waals surface area contributed by atoms with E-state index in [1.165, 1.54) is 11.1 Å². The first-order chi connectivity index (χ1) is 17.7. The van der Waals surface area contributed by atoms with Crippen LogP contribution in [0.25, 0.3) is 0 Å². The molecule has 2 unspecified atom stereocenters. The highest BCUT2D eigenvalue weighted by molar-refractivity contribution is 6.32. The fourth-order valence-electron chi connectivity index (χ4n) is 6.70. The standard InChI is InChI=1S/C29H35ClF2N2O3/c1-15(10-11-33-25(35)14-37-24-13-17-4-3-5-22(24)28(32)26(17)30)29(36)34-16(2)12-23-18-6-7-19(23)21-9-8-20(18)27(21)31/h16,23-24,27H,1,3-14H2,2H3,(H,33,35)(H,34,36). The van der Waals surface area contributed by atoms with Gasteiger partial charge in [0, 0.05) is 30.5 Å². The summed E-state index contributed by atoms with van der Waals surface area (Å²) in [5, 5.41) is 5.98. The molecular weight excluding hydrogens is 498 g/mol. The molecule has 0 aromatic carbocycles. The van der Waals surface area contributed by atoms with E-state index in [2.05, 4.69) is 17.2 Å². The molecule has 6 bridgehead atoms. The van der Waals surface area contributed by atoms with Crippen molar-refractivity contribution in [2.45, 2.75) is 89.4 Å². The van der Waals surface area contributed by atoms with Gasteiger partial charge in [-0.3, -0.25) is 9.59 Å². The van der Waals surface area contributed by atoms with Gasteiger partial charge in [0.2, 0.25) is 11.8 Å². The quantitative estimate of drug-likeness (QED) is 0.277. The number of fused-ring (bicyclic) bond motifs is 8. The minimum absolute atomic E-state index is 0.0645. The summed E-state index contributed by atoms with van der Waals surface area (Å²) in [4.78, 5) is 24.9. The van der Waals surface area contributed by atoms with Gasteiger partial charge in [0.25, 0.3) is 0 Å². The fraction of sp³-hybridized carbons (Fsp3) is 0.586. The summed E-state index contributed by atoms with van der Waals surface area (Å²) in [6.07, 6.45) is 6.08. The molecule has 0 radical (unpaired) electrons. The monoisotopic (exact) mass is 532 g/mol. The van der Waals surface area contributed by atoms with Crippen LogP contribution in [-0.4, -0.2) is 43.3 Å². The molecule has 0 aromatic heterocycles. The number of hydrogen-bond acceptors (Lipinski definition) is 3. The van der Waals surface area contributed by atoms with Crippen molar-refractivity contribution in [2.75, 3.05) is 13.2 Å². The van der Waals surface area contributed by atoms with Gasteiger partial charge in [-0.25, -0.2) is 8.78 Å². The molecule has 200 valence electrons. The molecule has 6 rings (SSSR count). The molecule has 0 aromatic rings. The maximum atomic E-state index is 14.5. The lowest BCUT2D eigenvalue weighted by Gasteiger charge is -2.27. The van der Waals surface area contributed by atoms with E-state index in [1.807, 2.05) is 6.92 Å². The molecule has 2 N–H and O–H groups in total. The van der Waals surface area contributed by atoms with Crippen LogP contribution < -0.4 is 10.6 Å². The molecule has 37 heavy (non-hydrogen) atoms. The van der Waals surface area contributed by atoms with Crippen LogP contribution in [0.1, 0.15) is 71.1 Å². The van der Waals surface area contributed by atoms with Crippen molar-refractivity contribution >= 4 is 23.4 Å². The van der Waals surface area contributed by atoms with Crippen molar-refractivity contribution in [1.29, 1.82) is 0 Å². The smallest absolute Gasteiger partial charge is 0.246 e. The number of halogens is 3. The Morgan fingerprint density at radius 2 is 1.76 bits per heavy atom. The Morgan fingerprint density at radius 3 is 2.46 bits per heavy atom. The number of carbonyl (C=O) groups is 2. The highest BCUT2D eigenvalue weighted by atomic mass is 35.5. The van der Waals surface area contributed by atoms with Crippen LogP contribution in [0, 0.1) is 5.92 Å². The van der Waals surface area contributed by atoms with E-state index in [0.29, 0.717) is 30.4 Å². The second kappa shape index (κ2) is 10.9. The predicted molar refractivity (Wildman–Crippen MR) is 139 cm³/mol. The molecule has 0 saturated heterocycles. The highest BCUT2D eigenvalue weighted by Crippen LogP contribution is 2.54. The van der Waals surface area contributed by atoms with Crippen molar-refractivity contribution in [3.05, 3.63) is 56.4 Å². The molecular formula is C29H35ClF2N2O3. The van der Waals surface area contributed by atoms with E-state index in [-0.39, 0.29) is 42.0 Å². The number of alkyl halides is 1. The number of ether oxygens (including phenoxy) is 1. The van der Waals surface area contributed by atoms with Crippen LogP contribution in [0.15, 0.2) is 56.4 Å². The zero-order valence-corrected chi connectivity index (χ0v) is 22.1. The minimum Gasteiger partial charge on any atom is -0.364 e. The molecule has 5 nitrogen and oxygen atoms in total. The largest absolute Gasteiger partial charge is 0.364 e. The Bertz CT molecular complexity index is 1120. The zero-order chi connectivity index (χ0) is 26.3. The Hall–Kier alpha value is -2.25.